The van der Waals surface area contributed by atoms with Gasteiger partial charge in [-0.1, -0.05) is 11.6 Å². The van der Waals surface area contributed by atoms with E-state index in [-0.39, 0.29) is 5.91 Å². The van der Waals surface area contributed by atoms with Gasteiger partial charge in [-0.2, -0.15) is 0 Å². The van der Waals surface area contributed by atoms with Crippen LogP contribution in [-0.4, -0.2) is 25.1 Å². The highest BCUT2D eigenvalue weighted by Gasteiger charge is 2.09. The smallest absolute Gasteiger partial charge is 0.255 e. The summed E-state index contributed by atoms with van der Waals surface area (Å²) in [4.78, 5) is 16.0. The van der Waals surface area contributed by atoms with Gasteiger partial charge in [0, 0.05) is 23.5 Å². The summed E-state index contributed by atoms with van der Waals surface area (Å²) in [6, 6.07) is 8.17. The second-order valence-corrected chi connectivity index (χ2v) is 4.30. The van der Waals surface area contributed by atoms with E-state index in [4.69, 9.17) is 21.1 Å². The number of ether oxygens (including phenoxy) is 2. The topological polar surface area (TPSA) is 60.5 Å². The van der Waals surface area contributed by atoms with Crippen LogP contribution in [0.2, 0.25) is 5.02 Å². The third kappa shape index (κ3) is 3.19. The fourth-order valence-corrected chi connectivity index (χ4v) is 1.87. The Hall–Kier alpha value is -2.27. The lowest BCUT2D eigenvalue weighted by atomic mass is 10.2. The Kier molecular flexibility index (Phi) is 4.42. The number of halogens is 1. The van der Waals surface area contributed by atoms with E-state index in [0.29, 0.717) is 27.9 Å². The number of carbonyl (C=O) groups is 1. The van der Waals surface area contributed by atoms with Crippen LogP contribution >= 0.6 is 11.6 Å². The van der Waals surface area contributed by atoms with E-state index >= 15 is 0 Å². The van der Waals surface area contributed by atoms with Crippen LogP contribution in [0.3, 0.4) is 0 Å². The molecule has 0 fully saturated rings. The molecule has 2 aromatic rings. The van der Waals surface area contributed by atoms with Crippen LogP contribution in [0.15, 0.2) is 36.5 Å². The maximum atomic E-state index is 12.1. The Bertz CT molecular complexity index is 632. The zero-order valence-corrected chi connectivity index (χ0v) is 11.8. The molecule has 0 unspecified atom stereocenters. The zero-order chi connectivity index (χ0) is 14.5. The van der Waals surface area contributed by atoms with Crippen molar-refractivity contribution in [3.63, 3.8) is 0 Å². The summed E-state index contributed by atoms with van der Waals surface area (Å²) in [5, 5.41) is 3.17. The Morgan fingerprint density at radius 3 is 2.65 bits per heavy atom. The fraction of sp³-hybridized carbons (Fsp3) is 0.143. The highest BCUT2D eigenvalue weighted by Crippen LogP contribution is 2.27. The Balaban J connectivity index is 2.16. The number of nitrogens with zero attached hydrogens (tertiary/aromatic N) is 1. The quantitative estimate of drug-likeness (QED) is 0.941. The van der Waals surface area contributed by atoms with Crippen molar-refractivity contribution < 1.29 is 14.3 Å². The molecule has 1 aromatic carbocycles. The van der Waals surface area contributed by atoms with E-state index in [0.717, 1.165) is 0 Å². The number of pyridine rings is 1. The molecular weight excluding hydrogens is 280 g/mol. The first-order valence-corrected chi connectivity index (χ1v) is 6.17. The normalized spacial score (nSPS) is 9.95. The lowest BCUT2D eigenvalue weighted by Gasteiger charge is -2.08. The number of carbonyl (C=O) groups excluding carboxylic acids is 1. The van der Waals surface area contributed by atoms with E-state index in [1.807, 2.05) is 0 Å². The predicted molar refractivity (Wildman–Crippen MR) is 76.7 cm³/mol. The number of nitrogens with one attached hydrogen (secondary N) is 1. The highest BCUT2D eigenvalue weighted by molar-refractivity contribution is 6.32. The van der Waals surface area contributed by atoms with Gasteiger partial charge in [0.05, 0.1) is 19.2 Å². The molecule has 1 N–H and O–H groups in total. The maximum absolute atomic E-state index is 12.1. The molecule has 2 rings (SSSR count). The van der Waals surface area contributed by atoms with Crippen LogP contribution in [0.1, 0.15) is 10.4 Å². The number of benzene rings is 1. The Labute approximate surface area is 121 Å². The van der Waals surface area contributed by atoms with Gasteiger partial charge in [0.1, 0.15) is 5.75 Å². The summed E-state index contributed by atoms with van der Waals surface area (Å²) < 4.78 is 10.0. The highest BCUT2D eigenvalue weighted by atomic mass is 35.5. The molecule has 0 bridgehead atoms. The van der Waals surface area contributed by atoms with E-state index < -0.39 is 0 Å². The van der Waals surface area contributed by atoms with Crippen LogP contribution < -0.4 is 14.8 Å². The molecule has 0 radical (unpaired) electrons. The van der Waals surface area contributed by atoms with E-state index in [1.54, 1.807) is 30.3 Å². The molecule has 0 atom stereocenters. The van der Waals surface area contributed by atoms with Crippen molar-refractivity contribution in [3.05, 3.63) is 47.1 Å². The Morgan fingerprint density at radius 1 is 1.20 bits per heavy atom. The molecule has 0 saturated heterocycles. The number of aromatic nitrogens is 1. The van der Waals surface area contributed by atoms with Gasteiger partial charge in [-0.05, 0) is 24.3 Å². The van der Waals surface area contributed by atoms with Crippen molar-refractivity contribution in [3.8, 4) is 11.6 Å². The molecule has 0 aliphatic carbocycles. The summed E-state index contributed by atoms with van der Waals surface area (Å²) in [7, 11) is 3.02. The second kappa shape index (κ2) is 6.25. The summed E-state index contributed by atoms with van der Waals surface area (Å²) in [5.41, 5.74) is 1.03. The van der Waals surface area contributed by atoms with Gasteiger partial charge in [0.2, 0.25) is 5.88 Å². The summed E-state index contributed by atoms with van der Waals surface area (Å²) in [6.45, 7) is 0. The Morgan fingerprint density at radius 2 is 2.00 bits per heavy atom. The first-order valence-electron chi connectivity index (χ1n) is 5.79. The molecule has 0 spiro atoms. The molecule has 6 heteroatoms. The minimum Gasteiger partial charge on any atom is -0.495 e. The van der Waals surface area contributed by atoms with Crippen LogP contribution in [0.4, 0.5) is 5.69 Å². The number of hydrogen-bond donors (Lipinski definition) is 1. The van der Waals surface area contributed by atoms with Crippen molar-refractivity contribution in [2.45, 2.75) is 0 Å². The number of hydrogen-bond acceptors (Lipinski definition) is 4. The van der Waals surface area contributed by atoms with Gasteiger partial charge in [0.25, 0.3) is 5.91 Å². The van der Waals surface area contributed by atoms with E-state index in [2.05, 4.69) is 10.3 Å². The monoisotopic (exact) mass is 292 g/mol. The SMILES string of the molecule is COc1cc(C(=O)Nc2ccc(OC)c(Cl)c2)ccn1. The largest absolute Gasteiger partial charge is 0.495 e. The van der Waals surface area contributed by atoms with Gasteiger partial charge in [0.15, 0.2) is 0 Å². The molecule has 0 aliphatic rings. The van der Waals surface area contributed by atoms with Gasteiger partial charge < -0.3 is 14.8 Å². The predicted octanol–water partition coefficient (Wildman–Crippen LogP) is 3.00. The van der Waals surface area contributed by atoms with Crippen molar-refractivity contribution in [1.29, 1.82) is 0 Å². The van der Waals surface area contributed by atoms with Crippen molar-refractivity contribution in [2.24, 2.45) is 0 Å². The number of anilines is 1. The average molecular weight is 293 g/mol. The molecule has 0 saturated carbocycles. The summed E-state index contributed by atoms with van der Waals surface area (Å²) >= 11 is 6.00. The standard InChI is InChI=1S/C14H13ClN2O3/c1-19-12-4-3-10(8-11(12)15)17-14(18)9-5-6-16-13(7-9)20-2/h3-8H,1-2H3,(H,17,18). The number of rotatable bonds is 4. The van der Waals surface area contributed by atoms with Gasteiger partial charge >= 0.3 is 0 Å². The maximum Gasteiger partial charge on any atom is 0.255 e. The van der Waals surface area contributed by atoms with Crippen molar-refractivity contribution >= 4 is 23.2 Å². The lowest BCUT2D eigenvalue weighted by Crippen LogP contribution is -2.12. The number of amides is 1. The minimum absolute atomic E-state index is 0.271. The molecule has 1 heterocycles. The molecule has 20 heavy (non-hydrogen) atoms. The number of methoxy groups -OCH3 is 2. The van der Waals surface area contributed by atoms with Gasteiger partial charge in [-0.3, -0.25) is 4.79 Å². The van der Waals surface area contributed by atoms with Crippen molar-refractivity contribution in [1.82, 2.24) is 4.98 Å². The molecule has 1 amide bonds. The van der Waals surface area contributed by atoms with Gasteiger partial charge in [-0.25, -0.2) is 4.98 Å². The van der Waals surface area contributed by atoms with Crippen LogP contribution in [0.5, 0.6) is 11.6 Å². The molecule has 0 aliphatic heterocycles. The van der Waals surface area contributed by atoms with E-state index in [9.17, 15) is 4.79 Å². The van der Waals surface area contributed by atoms with Crippen LogP contribution in [0, 0.1) is 0 Å². The fourth-order valence-electron chi connectivity index (χ4n) is 1.61. The lowest BCUT2D eigenvalue weighted by molar-refractivity contribution is 0.102. The minimum atomic E-state index is -0.271. The molecule has 1 aromatic heterocycles. The molecular formula is C14H13ClN2O3. The van der Waals surface area contributed by atoms with Crippen molar-refractivity contribution in [2.75, 3.05) is 19.5 Å². The first kappa shape index (κ1) is 14.1. The average Bonchev–Trinajstić information content (AvgIpc) is 2.47. The van der Waals surface area contributed by atoms with Crippen LogP contribution in [0.25, 0.3) is 0 Å². The van der Waals surface area contributed by atoms with Gasteiger partial charge in [-0.15, -0.1) is 0 Å². The third-order valence-electron chi connectivity index (χ3n) is 2.62. The van der Waals surface area contributed by atoms with E-state index in [1.165, 1.54) is 20.4 Å². The zero-order valence-electron chi connectivity index (χ0n) is 11.0. The third-order valence-corrected chi connectivity index (χ3v) is 2.91. The second-order valence-electron chi connectivity index (χ2n) is 3.89. The molecule has 5 nitrogen and oxygen atoms in total. The summed E-state index contributed by atoms with van der Waals surface area (Å²) in [6.07, 6.45) is 1.51. The first-order chi connectivity index (χ1) is 9.63. The molecule has 104 valence electrons. The van der Waals surface area contributed by atoms with Crippen LogP contribution in [-0.2, 0) is 0 Å². The summed E-state index contributed by atoms with van der Waals surface area (Å²) in [5.74, 6) is 0.660.